The third-order valence-corrected chi connectivity index (χ3v) is 6.50. The van der Waals surface area contributed by atoms with Gasteiger partial charge in [0, 0.05) is 11.6 Å². The van der Waals surface area contributed by atoms with Crippen molar-refractivity contribution in [2.24, 2.45) is 0 Å². The van der Waals surface area contributed by atoms with Crippen molar-refractivity contribution in [2.45, 2.75) is 24.1 Å². The molecule has 0 aliphatic heterocycles. The lowest BCUT2D eigenvalue weighted by Crippen LogP contribution is -2.26. The molecule has 0 amide bonds. The standard InChI is InChI=1S/C9H10ClN3O2S3/c1-5(7-11-3-4-16-7)13-18(14,15)8-6(2)12-9(10)17-8/h3-5,13H,1-2H3. The average molecular weight is 324 g/mol. The molecule has 0 aliphatic carbocycles. The smallest absolute Gasteiger partial charge is 0.248 e. The van der Waals surface area contributed by atoms with Gasteiger partial charge in [0.15, 0.2) is 8.68 Å². The minimum absolute atomic E-state index is 0.149. The number of hydrogen-bond acceptors (Lipinski definition) is 6. The molecule has 1 N–H and O–H groups in total. The van der Waals surface area contributed by atoms with Crippen LogP contribution >= 0.6 is 34.3 Å². The van der Waals surface area contributed by atoms with Crippen molar-refractivity contribution in [3.05, 3.63) is 26.7 Å². The Morgan fingerprint density at radius 3 is 2.72 bits per heavy atom. The third kappa shape index (κ3) is 2.89. The van der Waals surface area contributed by atoms with Crippen LogP contribution in [0, 0.1) is 6.92 Å². The van der Waals surface area contributed by atoms with Gasteiger partial charge in [0.2, 0.25) is 0 Å². The number of sulfonamides is 1. The third-order valence-electron chi connectivity index (χ3n) is 2.13. The zero-order chi connectivity index (χ0) is 13.3. The number of rotatable bonds is 4. The monoisotopic (exact) mass is 323 g/mol. The molecule has 2 aromatic rings. The van der Waals surface area contributed by atoms with Crippen LogP contribution in [0.4, 0.5) is 0 Å². The summed E-state index contributed by atoms with van der Waals surface area (Å²) in [6.07, 6.45) is 1.64. The summed E-state index contributed by atoms with van der Waals surface area (Å²) >= 11 is 8.06. The molecule has 0 fully saturated rings. The maximum Gasteiger partial charge on any atom is 0.252 e. The van der Waals surface area contributed by atoms with Gasteiger partial charge in [0.25, 0.3) is 10.0 Å². The van der Waals surface area contributed by atoms with E-state index < -0.39 is 10.0 Å². The van der Waals surface area contributed by atoms with E-state index in [1.807, 2.05) is 0 Å². The first-order valence-corrected chi connectivity index (χ1v) is 8.50. The Labute approximate surface area is 118 Å². The van der Waals surface area contributed by atoms with Gasteiger partial charge in [-0.1, -0.05) is 22.9 Å². The van der Waals surface area contributed by atoms with Gasteiger partial charge in [-0.3, -0.25) is 0 Å². The highest BCUT2D eigenvalue weighted by atomic mass is 35.5. The highest BCUT2D eigenvalue weighted by Crippen LogP contribution is 2.28. The number of nitrogens with one attached hydrogen (secondary N) is 1. The normalized spacial score (nSPS) is 13.7. The van der Waals surface area contributed by atoms with Gasteiger partial charge in [-0.2, -0.15) is 0 Å². The predicted octanol–water partition coefficient (Wildman–Crippen LogP) is 2.60. The molecule has 98 valence electrons. The second kappa shape index (κ2) is 5.22. The van der Waals surface area contributed by atoms with Crippen molar-refractivity contribution < 1.29 is 8.42 Å². The quantitative estimate of drug-likeness (QED) is 0.938. The van der Waals surface area contributed by atoms with Crippen LogP contribution in [0.25, 0.3) is 0 Å². The van der Waals surface area contributed by atoms with Crippen molar-refractivity contribution in [1.29, 1.82) is 0 Å². The van der Waals surface area contributed by atoms with Crippen molar-refractivity contribution in [3.8, 4) is 0 Å². The zero-order valence-corrected chi connectivity index (χ0v) is 12.8. The molecular formula is C9H10ClN3O2S3. The number of nitrogens with zero attached hydrogens (tertiary/aromatic N) is 2. The lowest BCUT2D eigenvalue weighted by atomic mass is 10.4. The van der Waals surface area contributed by atoms with Crippen LogP contribution in [0.15, 0.2) is 15.8 Å². The molecule has 1 unspecified atom stereocenters. The molecule has 0 saturated carbocycles. The molecule has 0 radical (unpaired) electrons. The minimum Gasteiger partial charge on any atom is -0.248 e. The maximum atomic E-state index is 12.1. The highest BCUT2D eigenvalue weighted by molar-refractivity contribution is 7.91. The van der Waals surface area contributed by atoms with E-state index in [1.165, 1.54) is 11.3 Å². The Morgan fingerprint density at radius 1 is 1.50 bits per heavy atom. The molecule has 0 bridgehead atoms. The fourth-order valence-corrected chi connectivity index (χ4v) is 5.07. The van der Waals surface area contributed by atoms with E-state index in [1.54, 1.807) is 25.4 Å². The van der Waals surface area contributed by atoms with Gasteiger partial charge in [-0.25, -0.2) is 23.1 Å². The average Bonchev–Trinajstić information content (AvgIpc) is 2.86. The molecule has 9 heteroatoms. The molecule has 0 aromatic carbocycles. The van der Waals surface area contributed by atoms with Crippen LogP contribution in [0.3, 0.4) is 0 Å². The second-order valence-corrected chi connectivity index (χ2v) is 7.97. The highest BCUT2D eigenvalue weighted by Gasteiger charge is 2.24. The predicted molar refractivity (Wildman–Crippen MR) is 72.7 cm³/mol. The number of hydrogen-bond donors (Lipinski definition) is 1. The van der Waals surface area contributed by atoms with Crippen LogP contribution in [-0.4, -0.2) is 18.4 Å². The molecule has 0 aliphatic rings. The Morgan fingerprint density at radius 2 is 2.22 bits per heavy atom. The summed E-state index contributed by atoms with van der Waals surface area (Å²) in [5, 5.41) is 2.52. The topological polar surface area (TPSA) is 72.0 Å². The SMILES string of the molecule is Cc1nc(Cl)sc1S(=O)(=O)NC(C)c1nccs1. The first-order chi connectivity index (χ1) is 8.40. The van der Waals surface area contributed by atoms with E-state index in [-0.39, 0.29) is 14.7 Å². The Kier molecular flexibility index (Phi) is 4.02. The van der Waals surface area contributed by atoms with Crippen LogP contribution in [0.1, 0.15) is 23.7 Å². The maximum absolute atomic E-state index is 12.1. The fraction of sp³-hybridized carbons (Fsp3) is 0.333. The molecule has 0 spiro atoms. The van der Waals surface area contributed by atoms with Crippen LogP contribution < -0.4 is 4.72 Å². The van der Waals surface area contributed by atoms with Gasteiger partial charge in [-0.05, 0) is 13.8 Å². The van der Waals surface area contributed by atoms with Crippen molar-refractivity contribution in [1.82, 2.24) is 14.7 Å². The first-order valence-electron chi connectivity index (χ1n) is 4.95. The van der Waals surface area contributed by atoms with Gasteiger partial charge >= 0.3 is 0 Å². The summed E-state index contributed by atoms with van der Waals surface area (Å²) in [5.41, 5.74) is 0.406. The molecule has 1 atom stereocenters. The lowest BCUT2D eigenvalue weighted by Gasteiger charge is -2.10. The van der Waals surface area contributed by atoms with Crippen molar-refractivity contribution >= 4 is 44.3 Å². The minimum atomic E-state index is -3.61. The summed E-state index contributed by atoms with van der Waals surface area (Å²) in [5.74, 6) is 0. The van der Waals surface area contributed by atoms with E-state index in [9.17, 15) is 8.42 Å². The molecule has 0 saturated heterocycles. The fourth-order valence-electron chi connectivity index (χ4n) is 1.38. The zero-order valence-electron chi connectivity index (χ0n) is 9.55. The summed E-state index contributed by atoms with van der Waals surface area (Å²) in [6, 6.07) is -0.379. The van der Waals surface area contributed by atoms with E-state index in [0.717, 1.165) is 11.3 Å². The first kappa shape index (κ1) is 13.9. The molecule has 18 heavy (non-hydrogen) atoms. The van der Waals surface area contributed by atoms with E-state index in [0.29, 0.717) is 10.7 Å². The molecule has 5 nitrogen and oxygen atoms in total. The van der Waals surface area contributed by atoms with E-state index in [4.69, 9.17) is 11.6 Å². The molecule has 2 aromatic heterocycles. The lowest BCUT2D eigenvalue weighted by molar-refractivity contribution is 0.567. The number of thiazole rings is 2. The largest absolute Gasteiger partial charge is 0.252 e. The Balaban J connectivity index is 2.25. The summed E-state index contributed by atoms with van der Waals surface area (Å²) in [7, 11) is -3.61. The van der Waals surface area contributed by atoms with Crippen molar-refractivity contribution in [3.63, 3.8) is 0 Å². The van der Waals surface area contributed by atoms with Gasteiger partial charge in [-0.15, -0.1) is 11.3 Å². The van der Waals surface area contributed by atoms with Gasteiger partial charge in [0.05, 0.1) is 11.7 Å². The number of aryl methyl sites for hydroxylation is 1. The molecular weight excluding hydrogens is 314 g/mol. The number of halogens is 1. The van der Waals surface area contributed by atoms with E-state index in [2.05, 4.69) is 14.7 Å². The Bertz CT molecular complexity index is 636. The van der Waals surface area contributed by atoms with Crippen LogP contribution in [-0.2, 0) is 10.0 Å². The second-order valence-electron chi connectivity index (χ2n) is 3.55. The van der Waals surface area contributed by atoms with Crippen LogP contribution in [0.5, 0.6) is 0 Å². The summed E-state index contributed by atoms with van der Waals surface area (Å²) in [6.45, 7) is 3.36. The van der Waals surface area contributed by atoms with Gasteiger partial charge in [0.1, 0.15) is 5.01 Å². The number of aromatic nitrogens is 2. The Hall–Kier alpha value is -0.540. The van der Waals surface area contributed by atoms with E-state index >= 15 is 0 Å². The van der Waals surface area contributed by atoms with Crippen LogP contribution in [0.2, 0.25) is 4.47 Å². The summed E-state index contributed by atoms with van der Waals surface area (Å²) < 4.78 is 27.2. The molecule has 2 heterocycles. The summed E-state index contributed by atoms with van der Waals surface area (Å²) in [4.78, 5) is 7.97. The van der Waals surface area contributed by atoms with Crippen molar-refractivity contribution in [2.75, 3.05) is 0 Å². The molecule has 2 rings (SSSR count). The van der Waals surface area contributed by atoms with Gasteiger partial charge < -0.3 is 0 Å².